The van der Waals surface area contributed by atoms with E-state index in [1.807, 2.05) is 12.1 Å². The first-order chi connectivity index (χ1) is 9.97. The maximum Gasteiger partial charge on any atom is 0.303 e. The molecule has 5 heteroatoms. The zero-order chi connectivity index (χ0) is 15.4. The number of carbonyl (C=O) groups is 1. The SMILES string of the molecule is CC(c1ccc(F)c(Br)c1)N1CCCC(CCC(=O)O)C1. The van der Waals surface area contributed by atoms with E-state index in [1.165, 1.54) is 6.07 Å². The lowest BCUT2D eigenvalue weighted by molar-refractivity contribution is -0.137. The number of halogens is 2. The van der Waals surface area contributed by atoms with Crippen molar-refractivity contribution in [2.75, 3.05) is 13.1 Å². The second-order valence-corrected chi connectivity index (χ2v) is 6.64. The van der Waals surface area contributed by atoms with Gasteiger partial charge < -0.3 is 5.11 Å². The first-order valence-electron chi connectivity index (χ1n) is 7.38. The lowest BCUT2D eigenvalue weighted by Crippen LogP contribution is -2.37. The monoisotopic (exact) mass is 357 g/mol. The van der Waals surface area contributed by atoms with Gasteiger partial charge in [-0.05, 0) is 72.3 Å². The van der Waals surface area contributed by atoms with E-state index in [1.54, 1.807) is 0 Å². The van der Waals surface area contributed by atoms with Crippen LogP contribution in [0.25, 0.3) is 0 Å². The standard InChI is InChI=1S/C16H21BrFNO2/c1-11(13-5-6-15(18)14(17)9-13)19-8-2-3-12(10-19)4-7-16(20)21/h5-6,9,11-12H,2-4,7-8,10H2,1H3,(H,20,21). The second-order valence-electron chi connectivity index (χ2n) is 5.79. The Morgan fingerprint density at radius 3 is 3.00 bits per heavy atom. The molecule has 1 aromatic rings. The number of carboxylic acid groups (broad SMARTS) is 1. The van der Waals surface area contributed by atoms with Crippen LogP contribution in [0.1, 0.15) is 44.2 Å². The maximum atomic E-state index is 13.3. The maximum absolute atomic E-state index is 13.3. The fourth-order valence-electron chi connectivity index (χ4n) is 3.00. The first-order valence-corrected chi connectivity index (χ1v) is 8.17. The minimum absolute atomic E-state index is 0.217. The van der Waals surface area contributed by atoms with Gasteiger partial charge in [-0.3, -0.25) is 9.69 Å². The van der Waals surface area contributed by atoms with Crippen molar-refractivity contribution in [3.63, 3.8) is 0 Å². The van der Waals surface area contributed by atoms with Crippen molar-refractivity contribution in [3.8, 4) is 0 Å². The van der Waals surface area contributed by atoms with Gasteiger partial charge in [0.2, 0.25) is 0 Å². The topological polar surface area (TPSA) is 40.5 Å². The summed E-state index contributed by atoms with van der Waals surface area (Å²) >= 11 is 3.23. The van der Waals surface area contributed by atoms with Gasteiger partial charge in [0.1, 0.15) is 5.82 Å². The van der Waals surface area contributed by atoms with E-state index < -0.39 is 5.97 Å². The Labute approximate surface area is 133 Å². The van der Waals surface area contributed by atoms with Crippen LogP contribution in [0.2, 0.25) is 0 Å². The van der Waals surface area contributed by atoms with Gasteiger partial charge in [0.25, 0.3) is 0 Å². The van der Waals surface area contributed by atoms with E-state index in [2.05, 4.69) is 27.8 Å². The number of rotatable bonds is 5. The normalized spacial score (nSPS) is 21.2. The number of benzene rings is 1. The van der Waals surface area contributed by atoms with E-state index in [0.717, 1.165) is 37.9 Å². The number of hydrogen-bond donors (Lipinski definition) is 1. The summed E-state index contributed by atoms with van der Waals surface area (Å²) in [6.45, 7) is 4.06. The highest BCUT2D eigenvalue weighted by molar-refractivity contribution is 9.10. The highest BCUT2D eigenvalue weighted by atomic mass is 79.9. The van der Waals surface area contributed by atoms with E-state index >= 15 is 0 Å². The summed E-state index contributed by atoms with van der Waals surface area (Å²) < 4.78 is 13.8. The van der Waals surface area contributed by atoms with Crippen LogP contribution in [0, 0.1) is 11.7 Å². The Kier molecular flexibility index (Phi) is 5.76. The smallest absolute Gasteiger partial charge is 0.303 e. The Hall–Kier alpha value is -0.940. The second kappa shape index (κ2) is 7.36. The molecule has 0 bridgehead atoms. The summed E-state index contributed by atoms with van der Waals surface area (Å²) in [6, 6.07) is 5.36. The highest BCUT2D eigenvalue weighted by Crippen LogP contribution is 2.30. The van der Waals surface area contributed by atoms with Crippen LogP contribution in [-0.2, 0) is 4.79 Å². The van der Waals surface area contributed by atoms with Crippen molar-refractivity contribution in [2.24, 2.45) is 5.92 Å². The van der Waals surface area contributed by atoms with Gasteiger partial charge >= 0.3 is 5.97 Å². The number of carboxylic acids is 1. The molecule has 0 spiro atoms. The van der Waals surface area contributed by atoms with Gasteiger partial charge in [0, 0.05) is 19.0 Å². The molecule has 1 saturated heterocycles. The molecule has 3 nitrogen and oxygen atoms in total. The zero-order valence-electron chi connectivity index (χ0n) is 12.2. The van der Waals surface area contributed by atoms with Crippen LogP contribution in [0.15, 0.2) is 22.7 Å². The minimum Gasteiger partial charge on any atom is -0.481 e. The van der Waals surface area contributed by atoms with E-state index in [0.29, 0.717) is 10.4 Å². The van der Waals surface area contributed by atoms with Crippen LogP contribution in [0.5, 0.6) is 0 Å². The van der Waals surface area contributed by atoms with Crippen LogP contribution in [0.4, 0.5) is 4.39 Å². The third kappa shape index (κ3) is 4.51. The molecule has 2 rings (SSSR count). The van der Waals surface area contributed by atoms with Gasteiger partial charge in [-0.15, -0.1) is 0 Å². The average molecular weight is 358 g/mol. The molecule has 1 fully saturated rings. The third-order valence-corrected chi connectivity index (χ3v) is 4.90. The predicted molar refractivity (Wildman–Crippen MR) is 83.7 cm³/mol. The first kappa shape index (κ1) is 16.4. The van der Waals surface area contributed by atoms with Crippen LogP contribution in [0.3, 0.4) is 0 Å². The number of nitrogens with zero attached hydrogens (tertiary/aromatic N) is 1. The Balaban J connectivity index is 1.99. The molecular weight excluding hydrogens is 337 g/mol. The summed E-state index contributed by atoms with van der Waals surface area (Å²) in [4.78, 5) is 13.1. The number of piperidine rings is 1. The molecule has 1 aromatic carbocycles. The number of hydrogen-bond acceptors (Lipinski definition) is 2. The Bertz CT molecular complexity index is 509. The largest absolute Gasteiger partial charge is 0.481 e. The van der Waals surface area contributed by atoms with Crippen LogP contribution < -0.4 is 0 Å². The summed E-state index contributed by atoms with van der Waals surface area (Å²) in [5.74, 6) is -0.521. The summed E-state index contributed by atoms with van der Waals surface area (Å²) in [6.07, 6.45) is 3.18. The number of likely N-dealkylation sites (tertiary alicyclic amines) is 1. The number of aliphatic carboxylic acids is 1. The Morgan fingerprint density at radius 2 is 2.33 bits per heavy atom. The zero-order valence-corrected chi connectivity index (χ0v) is 13.8. The predicted octanol–water partition coefficient (Wildman–Crippen LogP) is 4.23. The third-order valence-electron chi connectivity index (χ3n) is 4.29. The van der Waals surface area contributed by atoms with Crippen molar-refractivity contribution in [2.45, 2.75) is 38.6 Å². The molecule has 0 aromatic heterocycles. The van der Waals surface area contributed by atoms with Gasteiger partial charge in [-0.1, -0.05) is 6.07 Å². The average Bonchev–Trinajstić information content (AvgIpc) is 2.47. The molecular formula is C16H21BrFNO2. The molecule has 1 heterocycles. The molecule has 21 heavy (non-hydrogen) atoms. The Morgan fingerprint density at radius 1 is 1.57 bits per heavy atom. The van der Waals surface area contributed by atoms with Crippen molar-refractivity contribution >= 4 is 21.9 Å². The van der Waals surface area contributed by atoms with E-state index in [9.17, 15) is 9.18 Å². The minimum atomic E-state index is -0.720. The van der Waals surface area contributed by atoms with Gasteiger partial charge in [0.05, 0.1) is 4.47 Å². The molecule has 1 aliphatic rings. The summed E-state index contributed by atoms with van der Waals surface area (Å²) in [5.41, 5.74) is 1.09. The molecule has 0 amide bonds. The molecule has 1 aliphatic heterocycles. The fraction of sp³-hybridized carbons (Fsp3) is 0.562. The summed E-state index contributed by atoms with van der Waals surface area (Å²) in [5, 5.41) is 8.80. The molecule has 2 atom stereocenters. The molecule has 2 unspecified atom stereocenters. The lowest BCUT2D eigenvalue weighted by Gasteiger charge is -2.37. The van der Waals surface area contributed by atoms with E-state index in [4.69, 9.17) is 5.11 Å². The molecule has 116 valence electrons. The van der Waals surface area contributed by atoms with Gasteiger partial charge in [0.15, 0.2) is 0 Å². The van der Waals surface area contributed by atoms with Gasteiger partial charge in [-0.2, -0.15) is 0 Å². The summed E-state index contributed by atoms with van der Waals surface area (Å²) in [7, 11) is 0. The van der Waals surface area contributed by atoms with Crippen LogP contribution >= 0.6 is 15.9 Å². The van der Waals surface area contributed by atoms with Gasteiger partial charge in [-0.25, -0.2) is 4.39 Å². The molecule has 0 saturated carbocycles. The highest BCUT2D eigenvalue weighted by Gasteiger charge is 2.25. The van der Waals surface area contributed by atoms with Crippen molar-refractivity contribution < 1.29 is 14.3 Å². The van der Waals surface area contributed by atoms with Crippen LogP contribution in [-0.4, -0.2) is 29.1 Å². The molecule has 0 aliphatic carbocycles. The van der Waals surface area contributed by atoms with E-state index in [-0.39, 0.29) is 18.3 Å². The van der Waals surface area contributed by atoms with Crippen molar-refractivity contribution in [3.05, 3.63) is 34.1 Å². The fourth-order valence-corrected chi connectivity index (χ4v) is 3.39. The molecule has 0 radical (unpaired) electrons. The lowest BCUT2D eigenvalue weighted by atomic mass is 9.91. The van der Waals surface area contributed by atoms with Crippen molar-refractivity contribution in [1.82, 2.24) is 4.90 Å². The molecule has 1 N–H and O–H groups in total. The van der Waals surface area contributed by atoms with Crippen molar-refractivity contribution in [1.29, 1.82) is 0 Å². The quantitative estimate of drug-likeness (QED) is 0.857.